The van der Waals surface area contributed by atoms with E-state index in [2.05, 4.69) is 15.9 Å². The maximum Gasteiger partial charge on any atom is 0.261 e. The van der Waals surface area contributed by atoms with E-state index in [0.29, 0.717) is 0 Å². The largest absolute Gasteiger partial charge is 0.394 e. The first kappa shape index (κ1) is 17.9. The van der Waals surface area contributed by atoms with Crippen LogP contribution in [0, 0.1) is 11.8 Å². The maximum atomic E-state index is 12.5. The SMILES string of the molecule is COC(CO)C(O)C(O)(C#CCF)n1ccc2c(=O)[nH]c(N)nc21. The molecule has 6 N–H and O–H groups in total. The molecule has 10 heteroatoms. The molecular formula is C14H17FN4O5. The molecule has 0 aromatic carbocycles. The van der Waals surface area contributed by atoms with Gasteiger partial charge in [0.1, 0.15) is 12.2 Å². The Morgan fingerprint density at radius 3 is 2.92 bits per heavy atom. The first-order chi connectivity index (χ1) is 11.4. The van der Waals surface area contributed by atoms with Crippen molar-refractivity contribution in [3.63, 3.8) is 0 Å². The van der Waals surface area contributed by atoms with E-state index < -0.39 is 36.8 Å². The van der Waals surface area contributed by atoms with Crippen LogP contribution in [0.5, 0.6) is 0 Å². The minimum absolute atomic E-state index is 0.0706. The molecule has 0 aliphatic rings. The molecule has 0 saturated heterocycles. The van der Waals surface area contributed by atoms with Gasteiger partial charge in [-0.2, -0.15) is 4.98 Å². The number of hydrogen-bond donors (Lipinski definition) is 5. The van der Waals surface area contributed by atoms with Gasteiger partial charge in [0.05, 0.1) is 12.0 Å². The van der Waals surface area contributed by atoms with Crippen molar-refractivity contribution < 1.29 is 24.4 Å². The lowest BCUT2D eigenvalue weighted by Crippen LogP contribution is -2.51. The minimum atomic E-state index is -2.41. The number of aliphatic hydroxyl groups is 3. The average molecular weight is 340 g/mol. The molecule has 0 spiro atoms. The highest BCUT2D eigenvalue weighted by Gasteiger charge is 2.42. The van der Waals surface area contributed by atoms with Crippen molar-refractivity contribution >= 4 is 17.0 Å². The summed E-state index contributed by atoms with van der Waals surface area (Å²) in [4.78, 5) is 18.1. The molecule has 130 valence electrons. The van der Waals surface area contributed by atoms with Crippen molar-refractivity contribution in [1.29, 1.82) is 0 Å². The number of ether oxygens (including phenoxy) is 1. The average Bonchev–Trinajstić information content (AvgIpc) is 2.98. The lowest BCUT2D eigenvalue weighted by molar-refractivity contribution is -0.152. The summed E-state index contributed by atoms with van der Waals surface area (Å²) < 4.78 is 18.4. The molecule has 0 aliphatic carbocycles. The first-order valence-corrected chi connectivity index (χ1v) is 6.86. The number of anilines is 1. The predicted molar refractivity (Wildman–Crippen MR) is 82.6 cm³/mol. The van der Waals surface area contributed by atoms with E-state index in [-0.39, 0.29) is 17.0 Å². The molecule has 0 saturated carbocycles. The molecule has 2 heterocycles. The third-order valence-corrected chi connectivity index (χ3v) is 3.53. The molecule has 0 aliphatic heterocycles. The normalized spacial score (nSPS) is 16.2. The zero-order chi connectivity index (χ0) is 17.9. The number of alkyl halides is 1. The Kier molecular flexibility index (Phi) is 5.20. The third-order valence-electron chi connectivity index (χ3n) is 3.53. The third kappa shape index (κ3) is 2.98. The lowest BCUT2D eigenvalue weighted by atomic mass is 10.0. The van der Waals surface area contributed by atoms with E-state index in [9.17, 15) is 24.5 Å². The molecule has 0 fully saturated rings. The van der Waals surface area contributed by atoms with Crippen LogP contribution in [-0.4, -0.2) is 62.5 Å². The van der Waals surface area contributed by atoms with Crippen molar-refractivity contribution in [1.82, 2.24) is 14.5 Å². The molecule has 0 radical (unpaired) electrons. The fourth-order valence-electron chi connectivity index (χ4n) is 2.32. The second-order valence-corrected chi connectivity index (χ2v) is 4.94. The highest BCUT2D eigenvalue weighted by Crippen LogP contribution is 2.25. The number of rotatable bonds is 5. The van der Waals surface area contributed by atoms with Crippen molar-refractivity contribution in [3.8, 4) is 11.8 Å². The molecule has 24 heavy (non-hydrogen) atoms. The Balaban J connectivity index is 2.71. The quantitative estimate of drug-likeness (QED) is 0.407. The van der Waals surface area contributed by atoms with Gasteiger partial charge in [-0.3, -0.25) is 14.3 Å². The Morgan fingerprint density at radius 1 is 1.62 bits per heavy atom. The molecule has 2 rings (SSSR count). The van der Waals surface area contributed by atoms with Gasteiger partial charge < -0.3 is 25.8 Å². The summed E-state index contributed by atoms with van der Waals surface area (Å²) in [6.07, 6.45) is -1.75. The zero-order valence-electron chi connectivity index (χ0n) is 12.7. The van der Waals surface area contributed by atoms with Gasteiger partial charge in [0.25, 0.3) is 5.56 Å². The number of H-pyrrole nitrogens is 1. The summed E-state index contributed by atoms with van der Waals surface area (Å²) in [7, 11) is 1.21. The minimum Gasteiger partial charge on any atom is -0.394 e. The molecule has 3 unspecified atom stereocenters. The smallest absolute Gasteiger partial charge is 0.261 e. The van der Waals surface area contributed by atoms with E-state index in [0.717, 1.165) is 4.57 Å². The van der Waals surface area contributed by atoms with Gasteiger partial charge in [-0.25, -0.2) is 4.39 Å². The Hall–Kier alpha value is -2.45. The number of aromatic nitrogens is 3. The molecule has 9 nitrogen and oxygen atoms in total. The van der Waals surface area contributed by atoms with Crippen molar-refractivity contribution in [2.75, 3.05) is 26.1 Å². The number of halogens is 1. The fourth-order valence-corrected chi connectivity index (χ4v) is 2.32. The number of aliphatic hydroxyl groups excluding tert-OH is 2. The first-order valence-electron chi connectivity index (χ1n) is 6.86. The topological polar surface area (TPSA) is 147 Å². The summed E-state index contributed by atoms with van der Waals surface area (Å²) in [5.74, 6) is 4.00. The number of fused-ring (bicyclic) bond motifs is 1. The summed E-state index contributed by atoms with van der Waals surface area (Å²) in [6, 6.07) is 1.33. The number of aromatic amines is 1. The van der Waals surface area contributed by atoms with Gasteiger partial charge in [0.2, 0.25) is 11.7 Å². The van der Waals surface area contributed by atoms with Crippen LogP contribution in [0.25, 0.3) is 11.0 Å². The van der Waals surface area contributed by atoms with Gasteiger partial charge in [-0.1, -0.05) is 5.92 Å². The van der Waals surface area contributed by atoms with Crippen LogP contribution in [0.2, 0.25) is 0 Å². The fraction of sp³-hybridized carbons (Fsp3) is 0.429. The van der Waals surface area contributed by atoms with E-state index in [1.807, 2.05) is 5.92 Å². The number of nitrogens with zero attached hydrogens (tertiary/aromatic N) is 2. The maximum absolute atomic E-state index is 12.5. The highest BCUT2D eigenvalue weighted by molar-refractivity contribution is 5.76. The summed E-state index contributed by atoms with van der Waals surface area (Å²) in [5, 5.41) is 30.6. The van der Waals surface area contributed by atoms with Crippen LogP contribution in [-0.2, 0) is 10.5 Å². The molecule has 0 amide bonds. The lowest BCUT2D eigenvalue weighted by Gasteiger charge is -2.33. The molecule has 3 atom stereocenters. The summed E-state index contributed by atoms with van der Waals surface area (Å²) >= 11 is 0. The van der Waals surface area contributed by atoms with E-state index >= 15 is 0 Å². The van der Waals surface area contributed by atoms with Crippen molar-refractivity contribution in [2.45, 2.75) is 17.9 Å². The Bertz CT molecular complexity index is 835. The molecular weight excluding hydrogens is 323 g/mol. The second kappa shape index (κ2) is 6.98. The summed E-state index contributed by atoms with van der Waals surface area (Å²) in [5.41, 5.74) is 2.46. The standard InChI is InChI=1S/C14H17FN4O5/c1-24-9(7-20)10(21)14(23,4-2-5-15)19-6-3-8-11(19)17-13(16)18-12(8)22/h3,6,9-10,20-21,23H,5,7H2,1H3,(H3,16,17,18,22). The number of hydrogen-bond acceptors (Lipinski definition) is 7. The van der Waals surface area contributed by atoms with Gasteiger partial charge in [-0.05, 0) is 12.0 Å². The Morgan fingerprint density at radius 2 is 2.33 bits per heavy atom. The van der Waals surface area contributed by atoms with Crippen LogP contribution in [0.3, 0.4) is 0 Å². The zero-order valence-corrected chi connectivity index (χ0v) is 12.7. The van der Waals surface area contributed by atoms with Gasteiger partial charge >= 0.3 is 0 Å². The molecule has 2 aromatic rings. The number of nitrogens with two attached hydrogens (primary N) is 1. The van der Waals surface area contributed by atoms with Crippen LogP contribution < -0.4 is 11.3 Å². The number of nitrogen functional groups attached to an aromatic ring is 1. The monoisotopic (exact) mass is 340 g/mol. The number of nitrogens with one attached hydrogen (secondary N) is 1. The number of methoxy groups -OCH3 is 1. The van der Waals surface area contributed by atoms with Crippen LogP contribution >= 0.6 is 0 Å². The Labute approximate surface area is 135 Å². The molecule has 2 aromatic heterocycles. The summed E-state index contributed by atoms with van der Waals surface area (Å²) in [6.45, 7) is -1.71. The second-order valence-electron chi connectivity index (χ2n) is 4.94. The predicted octanol–water partition coefficient (Wildman–Crippen LogP) is -1.71. The van der Waals surface area contributed by atoms with E-state index in [1.165, 1.54) is 19.4 Å². The van der Waals surface area contributed by atoms with Crippen LogP contribution in [0.1, 0.15) is 0 Å². The molecule has 0 bridgehead atoms. The van der Waals surface area contributed by atoms with E-state index in [4.69, 9.17) is 10.5 Å². The highest BCUT2D eigenvalue weighted by atomic mass is 19.1. The van der Waals surface area contributed by atoms with E-state index in [1.54, 1.807) is 0 Å². The van der Waals surface area contributed by atoms with Crippen molar-refractivity contribution in [2.24, 2.45) is 0 Å². The van der Waals surface area contributed by atoms with Crippen molar-refractivity contribution in [3.05, 3.63) is 22.6 Å². The van der Waals surface area contributed by atoms with Gasteiger partial charge in [-0.15, -0.1) is 0 Å². The van der Waals surface area contributed by atoms with Crippen LogP contribution in [0.4, 0.5) is 10.3 Å². The van der Waals surface area contributed by atoms with Gasteiger partial charge in [0, 0.05) is 13.3 Å². The van der Waals surface area contributed by atoms with Crippen LogP contribution in [0.15, 0.2) is 17.1 Å². The van der Waals surface area contributed by atoms with Gasteiger partial charge in [0.15, 0.2) is 12.3 Å².